The second-order valence-corrected chi connectivity index (χ2v) is 5.70. The van der Waals surface area contributed by atoms with Crippen LogP contribution in [0.5, 0.6) is 0 Å². The van der Waals surface area contributed by atoms with Gasteiger partial charge in [-0.25, -0.2) is 9.97 Å². The van der Waals surface area contributed by atoms with Crippen molar-refractivity contribution in [3.63, 3.8) is 0 Å². The van der Waals surface area contributed by atoms with E-state index in [4.69, 9.17) is 11.6 Å². The van der Waals surface area contributed by atoms with Crippen LogP contribution in [0, 0.1) is 6.92 Å². The van der Waals surface area contributed by atoms with E-state index in [9.17, 15) is 0 Å². The van der Waals surface area contributed by atoms with Gasteiger partial charge in [0.2, 0.25) is 5.95 Å². The molecule has 0 amide bonds. The van der Waals surface area contributed by atoms with Crippen LogP contribution in [0.15, 0.2) is 30.3 Å². The largest absolute Gasteiger partial charge is 0.368 e. The van der Waals surface area contributed by atoms with Crippen LogP contribution < -0.4 is 10.6 Å². The van der Waals surface area contributed by atoms with E-state index in [0.717, 1.165) is 23.5 Å². The number of aromatic nitrogens is 6. The van der Waals surface area contributed by atoms with E-state index in [0.29, 0.717) is 30.0 Å². The Balaban J connectivity index is 1.61. The van der Waals surface area contributed by atoms with Crippen molar-refractivity contribution in [3.05, 3.63) is 46.9 Å². The molecule has 0 bridgehead atoms. The number of aryl methyl sites for hydroxylation is 1. The summed E-state index contributed by atoms with van der Waals surface area (Å²) >= 11 is 6.18. The molecule has 2 aromatic heterocycles. The average molecular weight is 359 g/mol. The van der Waals surface area contributed by atoms with Gasteiger partial charge in [0.05, 0.1) is 5.69 Å². The van der Waals surface area contributed by atoms with Crippen molar-refractivity contribution < 1.29 is 0 Å². The van der Waals surface area contributed by atoms with Crippen molar-refractivity contribution in [2.45, 2.75) is 20.3 Å². The first-order valence-corrected chi connectivity index (χ1v) is 8.41. The highest BCUT2D eigenvalue weighted by atomic mass is 35.5. The number of tetrazole rings is 1. The molecule has 3 aromatic rings. The molecule has 0 spiro atoms. The summed E-state index contributed by atoms with van der Waals surface area (Å²) in [6.45, 7) is 5.11. The lowest BCUT2D eigenvalue weighted by molar-refractivity contribution is 0.789. The van der Waals surface area contributed by atoms with Gasteiger partial charge in [0.25, 0.3) is 0 Å². The summed E-state index contributed by atoms with van der Waals surface area (Å²) in [6, 6.07) is 9.72. The fourth-order valence-corrected chi connectivity index (χ4v) is 2.76. The molecule has 25 heavy (non-hydrogen) atoms. The predicted octanol–water partition coefficient (Wildman–Crippen LogP) is 2.50. The van der Waals surface area contributed by atoms with Gasteiger partial charge in [-0.1, -0.05) is 41.8 Å². The Hall–Kier alpha value is -2.74. The van der Waals surface area contributed by atoms with Crippen molar-refractivity contribution in [3.8, 4) is 5.69 Å². The number of para-hydroxylation sites is 1. The van der Waals surface area contributed by atoms with Gasteiger partial charge in [-0.2, -0.15) is 4.68 Å². The van der Waals surface area contributed by atoms with Gasteiger partial charge in [0.1, 0.15) is 16.8 Å². The zero-order valence-electron chi connectivity index (χ0n) is 14.1. The SMILES string of the molecule is CCc1c(Cl)nc(C)nc1NCCNc1nnnn1-c1ccccc1. The zero-order valence-corrected chi connectivity index (χ0v) is 14.8. The monoisotopic (exact) mass is 358 g/mol. The van der Waals surface area contributed by atoms with Crippen molar-refractivity contribution in [2.24, 2.45) is 0 Å². The second kappa shape index (κ2) is 7.89. The molecule has 0 saturated heterocycles. The minimum Gasteiger partial charge on any atom is -0.368 e. The molecule has 3 rings (SSSR count). The van der Waals surface area contributed by atoms with Crippen molar-refractivity contribution in [2.75, 3.05) is 23.7 Å². The first kappa shape index (κ1) is 17.1. The Kier molecular flexibility index (Phi) is 5.39. The van der Waals surface area contributed by atoms with Crippen LogP contribution in [-0.4, -0.2) is 43.3 Å². The first-order valence-electron chi connectivity index (χ1n) is 8.03. The van der Waals surface area contributed by atoms with Crippen LogP contribution in [0.1, 0.15) is 18.3 Å². The lowest BCUT2D eigenvalue weighted by atomic mass is 10.2. The number of benzene rings is 1. The van der Waals surface area contributed by atoms with Gasteiger partial charge < -0.3 is 10.6 Å². The lowest BCUT2D eigenvalue weighted by Gasteiger charge is -2.12. The van der Waals surface area contributed by atoms with E-state index in [-0.39, 0.29) is 0 Å². The molecule has 0 saturated carbocycles. The van der Waals surface area contributed by atoms with E-state index in [1.165, 1.54) is 0 Å². The topological polar surface area (TPSA) is 93.4 Å². The Bertz CT molecular complexity index is 833. The first-order chi connectivity index (χ1) is 12.2. The number of nitrogens with zero attached hydrogens (tertiary/aromatic N) is 6. The van der Waals surface area contributed by atoms with Crippen LogP contribution >= 0.6 is 11.6 Å². The Morgan fingerprint density at radius 1 is 1.08 bits per heavy atom. The predicted molar refractivity (Wildman–Crippen MR) is 97.3 cm³/mol. The molecule has 1 aromatic carbocycles. The van der Waals surface area contributed by atoms with Gasteiger partial charge in [-0.15, -0.1) is 0 Å². The summed E-state index contributed by atoms with van der Waals surface area (Å²) in [5, 5.41) is 18.8. The minimum absolute atomic E-state index is 0.499. The second-order valence-electron chi connectivity index (χ2n) is 5.35. The van der Waals surface area contributed by atoms with E-state index in [2.05, 4.69) is 36.1 Å². The van der Waals surface area contributed by atoms with E-state index < -0.39 is 0 Å². The van der Waals surface area contributed by atoms with E-state index in [1.54, 1.807) is 4.68 Å². The molecule has 0 aliphatic rings. The summed E-state index contributed by atoms with van der Waals surface area (Å²) in [5.41, 5.74) is 1.82. The third-order valence-corrected chi connectivity index (χ3v) is 3.91. The standard InChI is InChI=1S/C16H19ClN8/c1-3-13-14(17)20-11(2)21-15(13)18-9-10-19-16-22-23-24-25(16)12-7-5-4-6-8-12/h4-8H,3,9-10H2,1-2H3,(H,18,20,21)(H,19,22,24). The molecule has 0 aliphatic carbocycles. The van der Waals surface area contributed by atoms with Gasteiger partial charge in [-0.05, 0) is 35.9 Å². The normalized spacial score (nSPS) is 10.7. The number of anilines is 2. The third-order valence-electron chi connectivity index (χ3n) is 3.59. The van der Waals surface area contributed by atoms with Crippen molar-refractivity contribution in [1.29, 1.82) is 0 Å². The van der Waals surface area contributed by atoms with Crippen LogP contribution in [-0.2, 0) is 6.42 Å². The highest BCUT2D eigenvalue weighted by Crippen LogP contribution is 2.21. The molecule has 2 heterocycles. The number of hydrogen-bond donors (Lipinski definition) is 2. The van der Waals surface area contributed by atoms with Crippen LogP contribution in [0.3, 0.4) is 0 Å². The molecule has 9 heteroatoms. The average Bonchev–Trinajstić information content (AvgIpc) is 3.07. The van der Waals surface area contributed by atoms with Crippen LogP contribution in [0.2, 0.25) is 5.15 Å². The van der Waals surface area contributed by atoms with Crippen molar-refractivity contribution >= 4 is 23.4 Å². The van der Waals surface area contributed by atoms with Crippen LogP contribution in [0.4, 0.5) is 11.8 Å². The van der Waals surface area contributed by atoms with Crippen molar-refractivity contribution in [1.82, 2.24) is 30.2 Å². The number of halogens is 1. The molecule has 0 aliphatic heterocycles. The summed E-state index contributed by atoms with van der Waals surface area (Å²) in [5.74, 6) is 2.00. The molecule has 0 fully saturated rings. The summed E-state index contributed by atoms with van der Waals surface area (Å²) in [4.78, 5) is 8.61. The molecule has 0 atom stereocenters. The van der Waals surface area contributed by atoms with E-state index >= 15 is 0 Å². The maximum absolute atomic E-state index is 6.18. The van der Waals surface area contributed by atoms with E-state index in [1.807, 2.05) is 44.2 Å². The molecule has 130 valence electrons. The summed E-state index contributed by atoms with van der Waals surface area (Å²) in [6.07, 6.45) is 0.765. The third kappa shape index (κ3) is 4.03. The minimum atomic E-state index is 0.499. The number of hydrogen-bond acceptors (Lipinski definition) is 7. The number of nitrogens with one attached hydrogen (secondary N) is 2. The summed E-state index contributed by atoms with van der Waals surface area (Å²) < 4.78 is 1.66. The Morgan fingerprint density at radius 3 is 2.60 bits per heavy atom. The molecule has 8 nitrogen and oxygen atoms in total. The molecule has 0 unspecified atom stereocenters. The highest BCUT2D eigenvalue weighted by Gasteiger charge is 2.10. The maximum Gasteiger partial charge on any atom is 0.247 e. The summed E-state index contributed by atoms with van der Waals surface area (Å²) in [7, 11) is 0. The fourth-order valence-electron chi connectivity index (χ4n) is 2.42. The quantitative estimate of drug-likeness (QED) is 0.495. The molecular weight excluding hydrogens is 340 g/mol. The highest BCUT2D eigenvalue weighted by molar-refractivity contribution is 6.30. The maximum atomic E-state index is 6.18. The van der Waals surface area contributed by atoms with Gasteiger partial charge >= 0.3 is 0 Å². The zero-order chi connectivity index (χ0) is 17.6. The van der Waals surface area contributed by atoms with Gasteiger partial charge in [0, 0.05) is 18.7 Å². The van der Waals surface area contributed by atoms with Gasteiger partial charge in [-0.3, -0.25) is 0 Å². The van der Waals surface area contributed by atoms with Crippen LogP contribution in [0.25, 0.3) is 5.69 Å². The Morgan fingerprint density at radius 2 is 1.84 bits per heavy atom. The molecular formula is C16H19ClN8. The lowest BCUT2D eigenvalue weighted by Crippen LogP contribution is -2.18. The molecule has 2 N–H and O–H groups in total. The smallest absolute Gasteiger partial charge is 0.247 e. The fraction of sp³-hybridized carbons (Fsp3) is 0.312. The van der Waals surface area contributed by atoms with Gasteiger partial charge in [0.15, 0.2) is 0 Å². The number of rotatable bonds is 7. The Labute approximate surface area is 150 Å². The molecule has 0 radical (unpaired) electrons.